The number of hydrogen-bond acceptors (Lipinski definition) is 3. The molecular weight excluding hydrogens is 288 g/mol. The van der Waals surface area contributed by atoms with Crippen LogP contribution in [0.25, 0.3) is 0 Å². The Morgan fingerprint density at radius 1 is 1.22 bits per heavy atom. The summed E-state index contributed by atoms with van der Waals surface area (Å²) in [6.07, 6.45) is 9.28. The van der Waals surface area contributed by atoms with E-state index in [-0.39, 0.29) is 11.8 Å². The SMILES string of the molecule is C/C1=C\C(O)C[C@H](C)/C=C/[C@@](O)(C(C)C)C[C@@H](O)/C(C)=C/CC1. The van der Waals surface area contributed by atoms with Crippen molar-refractivity contribution in [3.63, 3.8) is 0 Å². The zero-order chi connectivity index (χ0) is 17.6. The zero-order valence-corrected chi connectivity index (χ0v) is 15.3. The van der Waals surface area contributed by atoms with Crippen LogP contribution in [0.3, 0.4) is 0 Å². The van der Waals surface area contributed by atoms with E-state index in [2.05, 4.69) is 0 Å². The molecule has 3 nitrogen and oxygen atoms in total. The van der Waals surface area contributed by atoms with Crippen LogP contribution in [0.1, 0.15) is 60.3 Å². The molecule has 0 fully saturated rings. The summed E-state index contributed by atoms with van der Waals surface area (Å²) in [5, 5.41) is 31.5. The zero-order valence-electron chi connectivity index (χ0n) is 15.3. The monoisotopic (exact) mass is 322 g/mol. The Morgan fingerprint density at radius 2 is 1.87 bits per heavy atom. The van der Waals surface area contributed by atoms with Gasteiger partial charge in [0.1, 0.15) is 0 Å². The molecule has 1 aliphatic rings. The Bertz CT molecular complexity index is 462. The minimum atomic E-state index is -1.04. The maximum Gasteiger partial charge on any atom is 0.0878 e. The number of hydrogen-bond donors (Lipinski definition) is 3. The molecule has 0 spiro atoms. The summed E-state index contributed by atoms with van der Waals surface area (Å²) in [7, 11) is 0. The number of aliphatic hydroxyl groups is 3. The molecule has 132 valence electrons. The first kappa shape index (κ1) is 20.1. The minimum Gasteiger partial charge on any atom is -0.389 e. The molecule has 23 heavy (non-hydrogen) atoms. The molecule has 0 aromatic carbocycles. The van der Waals surface area contributed by atoms with Gasteiger partial charge in [-0.15, -0.1) is 0 Å². The van der Waals surface area contributed by atoms with Crippen LogP contribution in [-0.4, -0.2) is 33.1 Å². The van der Waals surface area contributed by atoms with Crippen molar-refractivity contribution in [3.05, 3.63) is 35.5 Å². The predicted octanol–water partition coefficient (Wildman–Crippen LogP) is 3.75. The van der Waals surface area contributed by atoms with Gasteiger partial charge < -0.3 is 15.3 Å². The molecule has 0 saturated heterocycles. The van der Waals surface area contributed by atoms with Crippen molar-refractivity contribution in [2.24, 2.45) is 11.8 Å². The normalized spacial score (nSPS) is 40.7. The van der Waals surface area contributed by atoms with Crippen molar-refractivity contribution in [1.82, 2.24) is 0 Å². The summed E-state index contributed by atoms with van der Waals surface area (Å²) in [6, 6.07) is 0. The van der Waals surface area contributed by atoms with Crippen LogP contribution >= 0.6 is 0 Å². The fourth-order valence-electron chi connectivity index (χ4n) is 2.90. The van der Waals surface area contributed by atoms with E-state index in [0.29, 0.717) is 12.8 Å². The average molecular weight is 322 g/mol. The van der Waals surface area contributed by atoms with Gasteiger partial charge in [-0.05, 0) is 50.5 Å². The minimum absolute atomic E-state index is 0.00775. The Hall–Kier alpha value is -0.900. The third-order valence-electron chi connectivity index (χ3n) is 4.85. The van der Waals surface area contributed by atoms with Crippen LogP contribution in [0, 0.1) is 11.8 Å². The standard InChI is InChI=1S/C20H34O3/c1-14(2)20(23)10-9-16(4)12-18(21)11-15(3)7-6-8-17(5)19(22)13-20/h8-11,14,16,18-19,21-23H,6-7,12-13H2,1-5H3/b10-9+,15-11+,17-8+/t16-,18?,19-,20+/m1/s1. The molecule has 0 radical (unpaired) electrons. The second kappa shape index (κ2) is 8.81. The van der Waals surface area contributed by atoms with Gasteiger partial charge in [0.2, 0.25) is 0 Å². The third-order valence-corrected chi connectivity index (χ3v) is 4.85. The Kier molecular flexibility index (Phi) is 7.72. The van der Waals surface area contributed by atoms with E-state index in [0.717, 1.165) is 18.4 Å². The fraction of sp³-hybridized carbons (Fsp3) is 0.700. The quantitative estimate of drug-likeness (QED) is 0.644. The summed E-state index contributed by atoms with van der Waals surface area (Å²) in [4.78, 5) is 0. The summed E-state index contributed by atoms with van der Waals surface area (Å²) in [6.45, 7) is 9.91. The van der Waals surface area contributed by atoms with E-state index in [1.165, 1.54) is 5.57 Å². The van der Waals surface area contributed by atoms with Crippen LogP contribution in [0.5, 0.6) is 0 Å². The number of aliphatic hydroxyl groups excluding tert-OH is 2. The lowest BCUT2D eigenvalue weighted by Gasteiger charge is -2.32. The predicted molar refractivity (Wildman–Crippen MR) is 96.1 cm³/mol. The summed E-state index contributed by atoms with van der Waals surface area (Å²) in [5.74, 6) is 0.171. The van der Waals surface area contributed by atoms with Crippen molar-refractivity contribution in [1.29, 1.82) is 0 Å². The van der Waals surface area contributed by atoms with Crippen LogP contribution < -0.4 is 0 Å². The molecule has 0 heterocycles. The highest BCUT2D eigenvalue weighted by molar-refractivity contribution is 5.14. The molecular formula is C20H34O3. The van der Waals surface area contributed by atoms with E-state index >= 15 is 0 Å². The van der Waals surface area contributed by atoms with Crippen molar-refractivity contribution >= 4 is 0 Å². The van der Waals surface area contributed by atoms with Crippen LogP contribution in [0.4, 0.5) is 0 Å². The Morgan fingerprint density at radius 3 is 2.48 bits per heavy atom. The first-order valence-electron chi connectivity index (χ1n) is 8.76. The fourth-order valence-corrected chi connectivity index (χ4v) is 2.90. The summed E-state index contributed by atoms with van der Waals surface area (Å²) >= 11 is 0. The van der Waals surface area contributed by atoms with E-state index in [9.17, 15) is 15.3 Å². The van der Waals surface area contributed by atoms with Crippen LogP contribution in [-0.2, 0) is 0 Å². The highest BCUT2D eigenvalue weighted by Crippen LogP contribution is 2.28. The van der Waals surface area contributed by atoms with Crippen molar-refractivity contribution < 1.29 is 15.3 Å². The molecule has 1 rings (SSSR count). The van der Waals surface area contributed by atoms with Crippen molar-refractivity contribution in [3.8, 4) is 0 Å². The van der Waals surface area contributed by atoms with Gasteiger partial charge in [-0.1, -0.05) is 50.6 Å². The smallest absolute Gasteiger partial charge is 0.0878 e. The van der Waals surface area contributed by atoms with Gasteiger partial charge in [0.05, 0.1) is 17.8 Å². The molecule has 0 saturated carbocycles. The Labute approximate surface area is 141 Å². The lowest BCUT2D eigenvalue weighted by molar-refractivity contribution is 0.00144. The van der Waals surface area contributed by atoms with E-state index in [1.807, 2.05) is 58.9 Å². The van der Waals surface area contributed by atoms with E-state index in [1.54, 1.807) is 0 Å². The maximum absolute atomic E-state index is 10.9. The number of allylic oxidation sites excluding steroid dienone is 3. The largest absolute Gasteiger partial charge is 0.389 e. The highest BCUT2D eigenvalue weighted by atomic mass is 16.3. The first-order valence-corrected chi connectivity index (χ1v) is 8.76. The lowest BCUT2D eigenvalue weighted by Crippen LogP contribution is -2.37. The van der Waals surface area contributed by atoms with E-state index in [4.69, 9.17) is 0 Å². The summed E-state index contributed by atoms with van der Waals surface area (Å²) in [5.41, 5.74) is 1.03. The molecule has 1 aliphatic carbocycles. The van der Waals surface area contributed by atoms with Gasteiger partial charge in [0, 0.05) is 6.42 Å². The lowest BCUT2D eigenvalue weighted by atomic mass is 9.82. The Balaban J connectivity index is 3.09. The van der Waals surface area contributed by atoms with Crippen molar-refractivity contribution in [2.75, 3.05) is 0 Å². The second-order valence-electron chi connectivity index (χ2n) is 7.51. The van der Waals surface area contributed by atoms with Gasteiger partial charge in [-0.25, -0.2) is 0 Å². The van der Waals surface area contributed by atoms with Gasteiger partial charge in [-0.3, -0.25) is 0 Å². The highest BCUT2D eigenvalue weighted by Gasteiger charge is 2.31. The average Bonchev–Trinajstić information content (AvgIpc) is 2.43. The topological polar surface area (TPSA) is 60.7 Å². The molecule has 3 heteroatoms. The molecule has 4 atom stereocenters. The molecule has 0 aromatic heterocycles. The third kappa shape index (κ3) is 6.62. The van der Waals surface area contributed by atoms with Crippen LogP contribution in [0.15, 0.2) is 35.5 Å². The first-order chi connectivity index (χ1) is 10.6. The van der Waals surface area contributed by atoms with Gasteiger partial charge >= 0.3 is 0 Å². The summed E-state index contributed by atoms with van der Waals surface area (Å²) < 4.78 is 0. The molecule has 3 N–H and O–H groups in total. The molecule has 0 aliphatic heterocycles. The van der Waals surface area contributed by atoms with E-state index < -0.39 is 17.8 Å². The number of rotatable bonds is 1. The molecule has 0 bridgehead atoms. The van der Waals surface area contributed by atoms with Gasteiger partial charge in [0.25, 0.3) is 0 Å². The maximum atomic E-state index is 10.9. The molecule has 0 aromatic rings. The van der Waals surface area contributed by atoms with Gasteiger partial charge in [0.15, 0.2) is 0 Å². The van der Waals surface area contributed by atoms with Crippen molar-refractivity contribution in [2.45, 2.75) is 78.1 Å². The second-order valence-corrected chi connectivity index (χ2v) is 7.51. The van der Waals surface area contributed by atoms with Gasteiger partial charge in [-0.2, -0.15) is 0 Å². The van der Waals surface area contributed by atoms with Crippen LogP contribution in [0.2, 0.25) is 0 Å². The molecule has 0 amide bonds. The molecule has 1 unspecified atom stereocenters.